The maximum absolute atomic E-state index is 13.7. The molecule has 2 aromatic rings. The molecule has 0 amide bonds. The number of hydrogen-bond donors (Lipinski definition) is 1. The van der Waals surface area contributed by atoms with E-state index in [1.807, 2.05) is 30.3 Å². The van der Waals surface area contributed by atoms with Gasteiger partial charge in [0, 0.05) is 5.56 Å². The summed E-state index contributed by atoms with van der Waals surface area (Å²) in [4.78, 5) is 3.75. The van der Waals surface area contributed by atoms with E-state index in [4.69, 9.17) is 21.4 Å². The highest BCUT2D eigenvalue weighted by atomic mass is 35.5. The third-order valence-electron chi connectivity index (χ3n) is 2.36. The summed E-state index contributed by atoms with van der Waals surface area (Å²) in [5.74, 6) is -0.881. The molecule has 0 atom stereocenters. The van der Waals surface area contributed by atoms with E-state index < -0.39 is 12.4 Å². The van der Waals surface area contributed by atoms with Gasteiger partial charge in [-0.05, 0) is 11.6 Å². The lowest BCUT2D eigenvalue weighted by molar-refractivity contribution is 0.256. The van der Waals surface area contributed by atoms with Crippen LogP contribution in [0.1, 0.15) is 11.1 Å². The second-order valence-corrected chi connectivity index (χ2v) is 4.04. The van der Waals surface area contributed by atoms with E-state index >= 15 is 0 Å². The minimum Gasteiger partial charge on any atom is -0.471 e. The number of rotatable bonds is 4. The molecule has 0 radical (unpaired) electrons. The van der Waals surface area contributed by atoms with Crippen LogP contribution in [0.5, 0.6) is 5.88 Å². The standard InChI is InChI=1S/C13H11ClFNO2/c14-11-6-10(7-17)12(15)13(16-11)18-8-9-4-2-1-3-5-9/h1-6,17H,7-8H2. The maximum atomic E-state index is 13.7. The zero-order valence-corrected chi connectivity index (χ0v) is 10.2. The Labute approximate surface area is 109 Å². The molecule has 0 bridgehead atoms. The van der Waals surface area contributed by atoms with Crippen molar-refractivity contribution in [3.8, 4) is 5.88 Å². The lowest BCUT2D eigenvalue weighted by Crippen LogP contribution is -2.02. The van der Waals surface area contributed by atoms with Crippen molar-refractivity contribution in [3.05, 3.63) is 58.5 Å². The van der Waals surface area contributed by atoms with Gasteiger partial charge in [-0.2, -0.15) is 4.98 Å². The van der Waals surface area contributed by atoms with Gasteiger partial charge in [0.2, 0.25) is 0 Å². The summed E-state index contributed by atoms with van der Waals surface area (Å²) >= 11 is 5.71. The highest BCUT2D eigenvalue weighted by Crippen LogP contribution is 2.22. The average Bonchev–Trinajstić information content (AvgIpc) is 2.40. The third kappa shape index (κ3) is 2.97. The lowest BCUT2D eigenvalue weighted by Gasteiger charge is -2.09. The van der Waals surface area contributed by atoms with Crippen LogP contribution in [0.15, 0.2) is 36.4 Å². The van der Waals surface area contributed by atoms with Gasteiger partial charge in [0.05, 0.1) is 6.61 Å². The van der Waals surface area contributed by atoms with Crippen molar-refractivity contribution in [3.63, 3.8) is 0 Å². The molecule has 0 aliphatic rings. The molecular formula is C13H11ClFNO2. The van der Waals surface area contributed by atoms with Crippen molar-refractivity contribution in [2.75, 3.05) is 0 Å². The predicted octanol–water partition coefficient (Wildman–Crippen LogP) is 2.95. The van der Waals surface area contributed by atoms with E-state index in [9.17, 15) is 4.39 Å². The van der Waals surface area contributed by atoms with Gasteiger partial charge < -0.3 is 9.84 Å². The number of hydrogen-bond acceptors (Lipinski definition) is 3. The van der Waals surface area contributed by atoms with Crippen LogP contribution in [0.3, 0.4) is 0 Å². The van der Waals surface area contributed by atoms with Crippen molar-refractivity contribution >= 4 is 11.6 Å². The van der Waals surface area contributed by atoms with Crippen LogP contribution in [0.25, 0.3) is 0 Å². The third-order valence-corrected chi connectivity index (χ3v) is 2.55. The Hall–Kier alpha value is -1.65. The van der Waals surface area contributed by atoms with Gasteiger partial charge in [-0.1, -0.05) is 41.9 Å². The number of benzene rings is 1. The van der Waals surface area contributed by atoms with Gasteiger partial charge in [0.15, 0.2) is 5.82 Å². The monoisotopic (exact) mass is 267 g/mol. The van der Waals surface area contributed by atoms with E-state index in [0.29, 0.717) is 0 Å². The van der Waals surface area contributed by atoms with Crippen molar-refractivity contribution < 1.29 is 14.2 Å². The number of aliphatic hydroxyl groups is 1. The Morgan fingerprint density at radius 3 is 2.67 bits per heavy atom. The number of aromatic nitrogens is 1. The Bertz CT molecular complexity index is 534. The Balaban J connectivity index is 2.17. The number of pyridine rings is 1. The molecule has 0 aliphatic carbocycles. The molecule has 18 heavy (non-hydrogen) atoms. The van der Waals surface area contributed by atoms with E-state index in [1.165, 1.54) is 6.07 Å². The smallest absolute Gasteiger partial charge is 0.252 e. The fraction of sp³-hybridized carbons (Fsp3) is 0.154. The summed E-state index contributed by atoms with van der Waals surface area (Å²) in [5.41, 5.74) is 0.960. The summed E-state index contributed by atoms with van der Waals surface area (Å²) in [6.07, 6.45) is 0. The first kappa shape index (κ1) is 12.8. The van der Waals surface area contributed by atoms with Crippen LogP contribution in [-0.2, 0) is 13.2 Å². The molecule has 0 fully saturated rings. The van der Waals surface area contributed by atoms with E-state index in [2.05, 4.69) is 4.98 Å². The van der Waals surface area contributed by atoms with Gasteiger partial charge in [-0.15, -0.1) is 0 Å². The molecule has 0 saturated heterocycles. The molecule has 0 saturated carbocycles. The first-order valence-corrected chi connectivity index (χ1v) is 5.71. The van der Waals surface area contributed by atoms with Crippen molar-refractivity contribution in [1.29, 1.82) is 0 Å². The van der Waals surface area contributed by atoms with Crippen molar-refractivity contribution in [1.82, 2.24) is 4.98 Å². The fourth-order valence-corrected chi connectivity index (χ4v) is 1.67. The summed E-state index contributed by atoms with van der Waals surface area (Å²) in [7, 11) is 0. The predicted molar refractivity (Wildman–Crippen MR) is 65.9 cm³/mol. The van der Waals surface area contributed by atoms with E-state index in [1.54, 1.807) is 0 Å². The van der Waals surface area contributed by atoms with Crippen LogP contribution in [0.2, 0.25) is 5.15 Å². The highest BCUT2D eigenvalue weighted by Gasteiger charge is 2.12. The second kappa shape index (κ2) is 5.80. The molecule has 0 aliphatic heterocycles. The molecule has 0 unspecified atom stereocenters. The van der Waals surface area contributed by atoms with Crippen molar-refractivity contribution in [2.24, 2.45) is 0 Å². The van der Waals surface area contributed by atoms with Gasteiger partial charge in [-0.3, -0.25) is 0 Å². The maximum Gasteiger partial charge on any atom is 0.252 e. The number of halogens is 2. The normalized spacial score (nSPS) is 10.4. The quantitative estimate of drug-likeness (QED) is 0.866. The van der Waals surface area contributed by atoms with Gasteiger partial charge >= 0.3 is 0 Å². The first-order valence-electron chi connectivity index (χ1n) is 5.33. The Morgan fingerprint density at radius 2 is 2.00 bits per heavy atom. The first-order chi connectivity index (χ1) is 8.70. The average molecular weight is 268 g/mol. The van der Waals surface area contributed by atoms with Crippen LogP contribution in [0.4, 0.5) is 4.39 Å². The summed E-state index contributed by atoms with van der Waals surface area (Å²) in [6, 6.07) is 10.6. The second-order valence-electron chi connectivity index (χ2n) is 3.66. The SMILES string of the molecule is OCc1cc(Cl)nc(OCc2ccccc2)c1F. The number of aliphatic hydroxyl groups excluding tert-OH is 1. The van der Waals surface area contributed by atoms with Gasteiger partial charge in [0.25, 0.3) is 5.88 Å². The molecule has 1 aromatic heterocycles. The molecule has 2 rings (SSSR count). The summed E-state index contributed by atoms with van der Waals surface area (Å²) < 4.78 is 19.0. The highest BCUT2D eigenvalue weighted by molar-refractivity contribution is 6.29. The zero-order chi connectivity index (χ0) is 13.0. The lowest BCUT2D eigenvalue weighted by atomic mass is 10.2. The molecule has 94 valence electrons. The molecular weight excluding hydrogens is 257 g/mol. The molecule has 1 N–H and O–H groups in total. The topological polar surface area (TPSA) is 42.4 Å². The number of ether oxygens (including phenoxy) is 1. The minimum absolute atomic E-state index is 0.0676. The van der Waals surface area contributed by atoms with Crippen LogP contribution < -0.4 is 4.74 Å². The Morgan fingerprint density at radius 1 is 1.28 bits per heavy atom. The van der Waals surface area contributed by atoms with Crippen LogP contribution in [-0.4, -0.2) is 10.1 Å². The zero-order valence-electron chi connectivity index (χ0n) is 9.44. The molecule has 5 heteroatoms. The van der Waals surface area contributed by atoms with Crippen molar-refractivity contribution in [2.45, 2.75) is 13.2 Å². The largest absolute Gasteiger partial charge is 0.471 e. The Kier molecular flexibility index (Phi) is 4.12. The van der Waals surface area contributed by atoms with Gasteiger partial charge in [0.1, 0.15) is 11.8 Å². The molecule has 1 aromatic carbocycles. The summed E-state index contributed by atoms with van der Waals surface area (Å²) in [6.45, 7) is -0.258. The molecule has 1 heterocycles. The fourth-order valence-electron chi connectivity index (χ4n) is 1.46. The number of nitrogens with zero attached hydrogens (tertiary/aromatic N) is 1. The molecule has 3 nitrogen and oxygen atoms in total. The summed E-state index contributed by atoms with van der Waals surface area (Å²) in [5, 5.41) is 9.06. The van der Waals surface area contributed by atoms with Gasteiger partial charge in [-0.25, -0.2) is 4.39 Å². The van der Waals surface area contributed by atoms with E-state index in [0.717, 1.165) is 5.56 Å². The minimum atomic E-state index is -0.683. The molecule has 0 spiro atoms. The van der Waals surface area contributed by atoms with Crippen LogP contribution >= 0.6 is 11.6 Å². The van der Waals surface area contributed by atoms with Crippen LogP contribution in [0, 0.1) is 5.82 Å². The van der Waals surface area contributed by atoms with E-state index in [-0.39, 0.29) is 23.2 Å².